The predicted molar refractivity (Wildman–Crippen MR) is 88.8 cm³/mol. The van der Waals surface area contributed by atoms with E-state index in [0.29, 0.717) is 23.7 Å². The zero-order chi connectivity index (χ0) is 17.7. The zero-order valence-corrected chi connectivity index (χ0v) is 14.2. The van der Waals surface area contributed by atoms with Crippen molar-refractivity contribution in [1.29, 1.82) is 0 Å². The standard InChI is InChI=1S/C17H21N3O4/c1-17(2,3)13-9-14(20-24-13)19-16(22)18-10-11-5-7-12(8-6-11)15(21)23-4/h5-9H,10H2,1-4H3,(H2,18,19,20,22). The van der Waals surface area contributed by atoms with Gasteiger partial charge < -0.3 is 14.6 Å². The van der Waals surface area contributed by atoms with Crippen LogP contribution in [0, 0.1) is 0 Å². The van der Waals surface area contributed by atoms with Crippen LogP contribution in [-0.2, 0) is 16.7 Å². The number of aromatic nitrogens is 1. The summed E-state index contributed by atoms with van der Waals surface area (Å²) >= 11 is 0. The minimum absolute atomic E-state index is 0.176. The molecule has 7 nitrogen and oxygen atoms in total. The molecule has 24 heavy (non-hydrogen) atoms. The molecule has 0 spiro atoms. The monoisotopic (exact) mass is 331 g/mol. The number of anilines is 1. The lowest BCUT2D eigenvalue weighted by Gasteiger charge is -2.12. The number of urea groups is 1. The van der Waals surface area contributed by atoms with Crippen LogP contribution in [0.3, 0.4) is 0 Å². The lowest BCUT2D eigenvalue weighted by atomic mass is 9.93. The van der Waals surface area contributed by atoms with E-state index in [0.717, 1.165) is 5.56 Å². The Morgan fingerprint density at radius 2 is 1.88 bits per heavy atom. The van der Waals surface area contributed by atoms with Crippen molar-refractivity contribution >= 4 is 17.8 Å². The highest BCUT2D eigenvalue weighted by Crippen LogP contribution is 2.24. The third-order valence-electron chi connectivity index (χ3n) is 3.32. The van der Waals surface area contributed by atoms with Crippen LogP contribution in [-0.4, -0.2) is 24.3 Å². The lowest BCUT2D eigenvalue weighted by molar-refractivity contribution is 0.0600. The highest BCUT2D eigenvalue weighted by atomic mass is 16.5. The fourth-order valence-electron chi connectivity index (χ4n) is 1.91. The number of esters is 1. The second kappa shape index (κ2) is 7.16. The van der Waals surface area contributed by atoms with E-state index in [-0.39, 0.29) is 11.4 Å². The van der Waals surface area contributed by atoms with Gasteiger partial charge in [0.1, 0.15) is 5.76 Å². The molecule has 0 fully saturated rings. The Kier molecular flexibility index (Phi) is 5.23. The van der Waals surface area contributed by atoms with E-state index in [9.17, 15) is 9.59 Å². The first-order valence-corrected chi connectivity index (χ1v) is 7.49. The molecule has 2 rings (SSSR count). The first-order valence-electron chi connectivity index (χ1n) is 7.49. The van der Waals surface area contributed by atoms with Crippen LogP contribution in [0.2, 0.25) is 0 Å². The van der Waals surface area contributed by atoms with E-state index in [1.165, 1.54) is 7.11 Å². The lowest BCUT2D eigenvalue weighted by Crippen LogP contribution is -2.28. The normalized spacial score (nSPS) is 11.0. The molecule has 1 heterocycles. The van der Waals surface area contributed by atoms with E-state index in [2.05, 4.69) is 20.5 Å². The molecule has 2 aromatic rings. The first kappa shape index (κ1) is 17.5. The van der Waals surface area contributed by atoms with Gasteiger partial charge in [-0.05, 0) is 17.7 Å². The van der Waals surface area contributed by atoms with Gasteiger partial charge in [0.25, 0.3) is 0 Å². The molecule has 7 heteroatoms. The first-order chi connectivity index (χ1) is 11.3. The summed E-state index contributed by atoms with van der Waals surface area (Å²) in [6, 6.07) is 8.11. The molecule has 128 valence electrons. The van der Waals surface area contributed by atoms with Crippen LogP contribution < -0.4 is 10.6 Å². The van der Waals surface area contributed by atoms with Gasteiger partial charge in [0, 0.05) is 18.0 Å². The van der Waals surface area contributed by atoms with Crippen molar-refractivity contribution in [2.45, 2.75) is 32.7 Å². The number of methoxy groups -OCH3 is 1. The van der Waals surface area contributed by atoms with Crippen LogP contribution in [0.5, 0.6) is 0 Å². The van der Waals surface area contributed by atoms with Gasteiger partial charge >= 0.3 is 12.0 Å². The van der Waals surface area contributed by atoms with Crippen molar-refractivity contribution in [3.63, 3.8) is 0 Å². The molecule has 0 saturated heterocycles. The van der Waals surface area contributed by atoms with Crippen LogP contribution in [0.1, 0.15) is 42.5 Å². The maximum atomic E-state index is 11.9. The van der Waals surface area contributed by atoms with Crippen LogP contribution >= 0.6 is 0 Å². The minimum atomic E-state index is -0.395. The van der Waals surface area contributed by atoms with Gasteiger partial charge in [0.2, 0.25) is 0 Å². The van der Waals surface area contributed by atoms with Gasteiger partial charge in [-0.15, -0.1) is 0 Å². The van der Waals surface area contributed by atoms with Crippen LogP contribution in [0.4, 0.5) is 10.6 Å². The van der Waals surface area contributed by atoms with Crippen molar-refractivity contribution in [2.24, 2.45) is 0 Å². The Morgan fingerprint density at radius 3 is 2.42 bits per heavy atom. The summed E-state index contributed by atoms with van der Waals surface area (Å²) in [7, 11) is 1.33. The summed E-state index contributed by atoms with van der Waals surface area (Å²) in [6.45, 7) is 6.30. The Labute approximate surface area is 140 Å². The van der Waals surface area contributed by atoms with Crippen molar-refractivity contribution in [2.75, 3.05) is 12.4 Å². The Balaban J connectivity index is 1.87. The van der Waals surface area contributed by atoms with Crippen molar-refractivity contribution in [3.8, 4) is 0 Å². The van der Waals surface area contributed by atoms with Crippen LogP contribution in [0.15, 0.2) is 34.9 Å². The number of benzene rings is 1. The van der Waals surface area contributed by atoms with Gasteiger partial charge in [0.15, 0.2) is 5.82 Å². The number of carbonyl (C=O) groups excluding carboxylic acids is 2. The molecule has 0 radical (unpaired) electrons. The maximum Gasteiger partial charge on any atom is 0.337 e. The van der Waals surface area contributed by atoms with E-state index in [1.807, 2.05) is 20.8 Å². The van der Waals surface area contributed by atoms with Crippen LogP contribution in [0.25, 0.3) is 0 Å². The molecular formula is C17H21N3O4. The average Bonchev–Trinajstić information content (AvgIpc) is 3.01. The van der Waals surface area contributed by atoms with E-state index in [4.69, 9.17) is 4.52 Å². The van der Waals surface area contributed by atoms with Gasteiger partial charge in [-0.3, -0.25) is 5.32 Å². The number of amides is 2. The van der Waals surface area contributed by atoms with Crippen molar-refractivity contribution in [1.82, 2.24) is 10.5 Å². The molecule has 2 N–H and O–H groups in total. The van der Waals surface area contributed by atoms with Crippen molar-refractivity contribution in [3.05, 3.63) is 47.2 Å². The Morgan fingerprint density at radius 1 is 1.21 bits per heavy atom. The maximum absolute atomic E-state index is 11.9. The largest absolute Gasteiger partial charge is 0.465 e. The summed E-state index contributed by atoms with van der Waals surface area (Å²) in [6.07, 6.45) is 0. The molecule has 0 aliphatic heterocycles. The second-order valence-corrected chi connectivity index (χ2v) is 6.32. The van der Waals surface area contributed by atoms with Gasteiger partial charge in [-0.2, -0.15) is 0 Å². The summed E-state index contributed by atoms with van der Waals surface area (Å²) < 4.78 is 9.83. The summed E-state index contributed by atoms with van der Waals surface area (Å²) in [5, 5.41) is 9.14. The molecule has 1 aromatic heterocycles. The fraction of sp³-hybridized carbons (Fsp3) is 0.353. The Bertz CT molecular complexity index is 714. The number of nitrogens with zero attached hydrogens (tertiary/aromatic N) is 1. The molecule has 0 bridgehead atoms. The van der Waals surface area contributed by atoms with Gasteiger partial charge in [-0.1, -0.05) is 38.1 Å². The minimum Gasteiger partial charge on any atom is -0.465 e. The molecule has 0 unspecified atom stereocenters. The molecule has 0 saturated carbocycles. The number of hydrogen-bond donors (Lipinski definition) is 2. The SMILES string of the molecule is COC(=O)c1ccc(CNC(=O)Nc2cc(C(C)(C)C)on2)cc1. The molecule has 0 aliphatic rings. The summed E-state index contributed by atoms with van der Waals surface area (Å²) in [5.74, 6) is 0.655. The topological polar surface area (TPSA) is 93.5 Å². The average molecular weight is 331 g/mol. The molecular weight excluding hydrogens is 310 g/mol. The molecule has 0 aliphatic carbocycles. The van der Waals surface area contributed by atoms with Gasteiger partial charge in [0.05, 0.1) is 12.7 Å². The summed E-state index contributed by atoms with van der Waals surface area (Å²) in [5.41, 5.74) is 1.14. The highest BCUT2D eigenvalue weighted by molar-refractivity contribution is 5.89. The second-order valence-electron chi connectivity index (χ2n) is 6.32. The third-order valence-corrected chi connectivity index (χ3v) is 3.32. The van der Waals surface area contributed by atoms with E-state index >= 15 is 0 Å². The number of rotatable bonds is 4. The van der Waals surface area contributed by atoms with E-state index in [1.54, 1.807) is 30.3 Å². The predicted octanol–water partition coefficient (Wildman–Crippen LogP) is 3.08. The zero-order valence-electron chi connectivity index (χ0n) is 14.2. The van der Waals surface area contributed by atoms with E-state index < -0.39 is 5.97 Å². The number of ether oxygens (including phenoxy) is 1. The fourth-order valence-corrected chi connectivity index (χ4v) is 1.91. The highest BCUT2D eigenvalue weighted by Gasteiger charge is 2.20. The van der Waals surface area contributed by atoms with Gasteiger partial charge in [-0.25, -0.2) is 9.59 Å². The quantitative estimate of drug-likeness (QED) is 0.840. The molecule has 1 aromatic carbocycles. The number of hydrogen-bond acceptors (Lipinski definition) is 5. The number of carbonyl (C=O) groups is 2. The molecule has 2 amide bonds. The smallest absolute Gasteiger partial charge is 0.337 e. The molecule has 0 atom stereocenters. The summed E-state index contributed by atoms with van der Waals surface area (Å²) in [4.78, 5) is 23.2. The Hall–Kier alpha value is -2.83. The van der Waals surface area contributed by atoms with Crippen molar-refractivity contribution < 1.29 is 18.8 Å². The number of nitrogens with one attached hydrogen (secondary N) is 2. The third kappa shape index (κ3) is 4.58.